The van der Waals surface area contributed by atoms with Gasteiger partial charge in [-0.2, -0.15) is 0 Å². The van der Waals surface area contributed by atoms with Crippen molar-refractivity contribution in [1.82, 2.24) is 10.2 Å². The first-order valence-corrected chi connectivity index (χ1v) is 7.50. The summed E-state index contributed by atoms with van der Waals surface area (Å²) in [4.78, 5) is 27.6. The Hall–Kier alpha value is -2.04. The van der Waals surface area contributed by atoms with Gasteiger partial charge in [-0.3, -0.25) is 9.59 Å². The molecule has 0 atom stereocenters. The molecule has 1 aliphatic rings. The van der Waals surface area contributed by atoms with Crippen molar-refractivity contribution in [3.63, 3.8) is 0 Å². The Morgan fingerprint density at radius 2 is 1.90 bits per heavy atom. The summed E-state index contributed by atoms with van der Waals surface area (Å²) in [6.07, 6.45) is 0.833. The van der Waals surface area contributed by atoms with Crippen molar-refractivity contribution in [3.8, 4) is 0 Å². The number of piperazine rings is 1. The number of hydrogen-bond donors (Lipinski definition) is 1. The van der Waals surface area contributed by atoms with E-state index in [0.717, 1.165) is 19.5 Å². The Morgan fingerprint density at radius 1 is 1.19 bits per heavy atom. The van der Waals surface area contributed by atoms with Crippen LogP contribution in [0.5, 0.6) is 0 Å². The lowest BCUT2D eigenvalue weighted by atomic mass is 10.2. The van der Waals surface area contributed by atoms with Crippen molar-refractivity contribution >= 4 is 17.5 Å². The molecule has 21 heavy (non-hydrogen) atoms. The summed E-state index contributed by atoms with van der Waals surface area (Å²) in [6.45, 7) is 7.28. The van der Waals surface area contributed by atoms with E-state index in [0.29, 0.717) is 19.6 Å². The Labute approximate surface area is 125 Å². The highest BCUT2D eigenvalue weighted by molar-refractivity contribution is 6.35. The minimum atomic E-state index is -0.485. The van der Waals surface area contributed by atoms with Crippen LogP contribution in [0.25, 0.3) is 0 Å². The molecule has 0 bridgehead atoms. The van der Waals surface area contributed by atoms with Gasteiger partial charge in [-0.1, -0.05) is 19.1 Å². The molecule has 1 aliphatic heterocycles. The van der Waals surface area contributed by atoms with E-state index in [1.807, 2.05) is 13.0 Å². The van der Waals surface area contributed by atoms with Gasteiger partial charge >= 0.3 is 11.8 Å². The molecule has 1 aromatic carbocycles. The molecular weight excluding hydrogens is 266 g/mol. The van der Waals surface area contributed by atoms with Crippen LogP contribution in [0.4, 0.5) is 5.69 Å². The van der Waals surface area contributed by atoms with Crippen LogP contribution in [-0.2, 0) is 9.59 Å². The molecule has 1 N–H and O–H groups in total. The van der Waals surface area contributed by atoms with Crippen molar-refractivity contribution < 1.29 is 9.59 Å². The second-order valence-electron chi connectivity index (χ2n) is 5.37. The van der Waals surface area contributed by atoms with Gasteiger partial charge in [0.15, 0.2) is 0 Å². The zero-order valence-electron chi connectivity index (χ0n) is 12.8. The summed E-state index contributed by atoms with van der Waals surface area (Å²) in [7, 11) is 0. The summed E-state index contributed by atoms with van der Waals surface area (Å²) >= 11 is 0. The zero-order valence-corrected chi connectivity index (χ0v) is 12.8. The molecule has 2 amide bonds. The number of anilines is 1. The maximum atomic E-state index is 12.0. The number of aryl methyl sites for hydroxylation is 1. The fourth-order valence-electron chi connectivity index (χ4n) is 2.45. The van der Waals surface area contributed by atoms with Gasteiger partial charge in [0, 0.05) is 38.4 Å². The molecule has 1 heterocycles. The zero-order chi connectivity index (χ0) is 15.2. The van der Waals surface area contributed by atoms with Gasteiger partial charge in [0.2, 0.25) is 0 Å². The molecule has 5 heteroatoms. The minimum Gasteiger partial charge on any atom is -0.368 e. The SMILES string of the molecule is CCCNC(=O)C(=O)N1CCN(c2cccc(C)c2)CC1. The maximum absolute atomic E-state index is 12.0. The van der Waals surface area contributed by atoms with Gasteiger partial charge in [-0.05, 0) is 31.0 Å². The third-order valence-electron chi connectivity index (χ3n) is 3.66. The Kier molecular flexibility index (Phi) is 5.20. The van der Waals surface area contributed by atoms with Gasteiger partial charge in [-0.25, -0.2) is 0 Å². The van der Waals surface area contributed by atoms with Gasteiger partial charge in [0.1, 0.15) is 0 Å². The Bertz CT molecular complexity index is 508. The van der Waals surface area contributed by atoms with Gasteiger partial charge in [-0.15, -0.1) is 0 Å². The quantitative estimate of drug-likeness (QED) is 0.850. The number of rotatable bonds is 3. The van der Waals surface area contributed by atoms with Crippen LogP contribution in [0.15, 0.2) is 24.3 Å². The van der Waals surface area contributed by atoms with Crippen LogP contribution in [-0.4, -0.2) is 49.4 Å². The summed E-state index contributed by atoms with van der Waals surface area (Å²) in [5, 5.41) is 2.64. The first kappa shape index (κ1) is 15.4. The molecule has 114 valence electrons. The Balaban J connectivity index is 1.88. The smallest absolute Gasteiger partial charge is 0.312 e. The fourth-order valence-corrected chi connectivity index (χ4v) is 2.45. The summed E-state index contributed by atoms with van der Waals surface area (Å²) in [5.74, 6) is -0.895. The molecule has 2 rings (SSSR count). The second kappa shape index (κ2) is 7.11. The Morgan fingerprint density at radius 3 is 2.52 bits per heavy atom. The van der Waals surface area contributed by atoms with E-state index in [-0.39, 0.29) is 0 Å². The monoisotopic (exact) mass is 289 g/mol. The van der Waals surface area contributed by atoms with Crippen molar-refractivity contribution in [2.75, 3.05) is 37.6 Å². The van der Waals surface area contributed by atoms with Crippen molar-refractivity contribution in [2.24, 2.45) is 0 Å². The molecule has 1 aromatic rings. The summed E-state index contributed by atoms with van der Waals surface area (Å²) in [6, 6.07) is 8.34. The topological polar surface area (TPSA) is 52.7 Å². The standard InChI is InChI=1S/C16H23N3O2/c1-3-7-17-15(20)16(21)19-10-8-18(9-11-19)14-6-4-5-13(2)12-14/h4-6,12H,3,7-11H2,1-2H3,(H,17,20). The maximum Gasteiger partial charge on any atom is 0.312 e. The summed E-state index contributed by atoms with van der Waals surface area (Å²) < 4.78 is 0. The van der Waals surface area contributed by atoms with Crippen LogP contribution in [0, 0.1) is 6.92 Å². The summed E-state index contributed by atoms with van der Waals surface area (Å²) in [5.41, 5.74) is 2.41. The predicted octanol–water partition coefficient (Wildman–Crippen LogP) is 1.17. The van der Waals surface area contributed by atoms with Gasteiger partial charge < -0.3 is 15.1 Å². The highest BCUT2D eigenvalue weighted by Gasteiger charge is 2.25. The number of benzene rings is 1. The lowest BCUT2D eigenvalue weighted by Gasteiger charge is -2.35. The fraction of sp³-hybridized carbons (Fsp3) is 0.500. The van der Waals surface area contributed by atoms with E-state index in [1.165, 1.54) is 11.3 Å². The molecule has 0 radical (unpaired) electrons. The number of hydrogen-bond acceptors (Lipinski definition) is 3. The lowest BCUT2D eigenvalue weighted by Crippen LogP contribution is -2.52. The van der Waals surface area contributed by atoms with Gasteiger partial charge in [0.25, 0.3) is 0 Å². The molecule has 5 nitrogen and oxygen atoms in total. The minimum absolute atomic E-state index is 0.410. The molecule has 0 aromatic heterocycles. The van der Waals surface area contributed by atoms with E-state index >= 15 is 0 Å². The van der Waals surface area contributed by atoms with Gasteiger partial charge in [0.05, 0.1) is 0 Å². The molecular formula is C16H23N3O2. The van der Waals surface area contributed by atoms with Crippen molar-refractivity contribution in [1.29, 1.82) is 0 Å². The number of carbonyl (C=O) groups is 2. The van der Waals surface area contributed by atoms with Crippen LogP contribution >= 0.6 is 0 Å². The molecule has 1 saturated heterocycles. The molecule has 0 spiro atoms. The van der Waals surface area contributed by atoms with E-state index in [4.69, 9.17) is 0 Å². The predicted molar refractivity (Wildman–Crippen MR) is 83.3 cm³/mol. The van der Waals surface area contributed by atoms with E-state index < -0.39 is 11.8 Å². The number of carbonyl (C=O) groups excluding carboxylic acids is 2. The normalized spacial score (nSPS) is 15.0. The molecule has 0 saturated carbocycles. The van der Waals surface area contributed by atoms with Crippen molar-refractivity contribution in [3.05, 3.63) is 29.8 Å². The van der Waals surface area contributed by atoms with Crippen LogP contribution in [0.1, 0.15) is 18.9 Å². The first-order chi connectivity index (χ1) is 10.1. The van der Waals surface area contributed by atoms with E-state index in [9.17, 15) is 9.59 Å². The first-order valence-electron chi connectivity index (χ1n) is 7.50. The number of amides is 2. The van der Waals surface area contributed by atoms with Crippen molar-refractivity contribution in [2.45, 2.75) is 20.3 Å². The largest absolute Gasteiger partial charge is 0.368 e. The molecule has 1 fully saturated rings. The third kappa shape index (κ3) is 3.97. The average molecular weight is 289 g/mol. The van der Waals surface area contributed by atoms with Crippen LogP contribution < -0.4 is 10.2 Å². The average Bonchev–Trinajstić information content (AvgIpc) is 2.52. The molecule has 0 aliphatic carbocycles. The number of nitrogens with zero attached hydrogens (tertiary/aromatic N) is 2. The van der Waals surface area contributed by atoms with Crippen LogP contribution in [0.3, 0.4) is 0 Å². The number of nitrogens with one attached hydrogen (secondary N) is 1. The highest BCUT2D eigenvalue weighted by Crippen LogP contribution is 2.17. The van der Waals surface area contributed by atoms with Crippen LogP contribution in [0.2, 0.25) is 0 Å². The lowest BCUT2D eigenvalue weighted by molar-refractivity contribution is -0.146. The van der Waals surface area contributed by atoms with E-state index in [2.05, 4.69) is 35.3 Å². The third-order valence-corrected chi connectivity index (χ3v) is 3.66. The van der Waals surface area contributed by atoms with E-state index in [1.54, 1.807) is 4.90 Å². The molecule has 0 unspecified atom stereocenters. The highest BCUT2D eigenvalue weighted by atomic mass is 16.2. The second-order valence-corrected chi connectivity index (χ2v) is 5.37.